The molecule has 3 heteroatoms. The summed E-state index contributed by atoms with van der Waals surface area (Å²) in [5, 5.41) is 0. The van der Waals surface area contributed by atoms with Crippen molar-refractivity contribution in [3.63, 3.8) is 0 Å². The Morgan fingerprint density at radius 3 is 1.96 bits per heavy atom. The minimum atomic E-state index is 0.225. The van der Waals surface area contributed by atoms with E-state index in [9.17, 15) is 4.79 Å². The number of aryl methyl sites for hydroxylation is 2. The molecule has 1 N–H and O–H groups in total. The number of piperidine rings is 1. The average Bonchev–Trinajstić information content (AvgIpc) is 2.77. The average molecular weight is 349 g/mol. The SMILES string of the molecule is C[C@@H]1C[C@@H](C)C[NH+](CC(=O)N2c3ccccc3CCc3ccccc32)C1. The summed E-state index contributed by atoms with van der Waals surface area (Å²) in [5.41, 5.74) is 4.68. The lowest BCUT2D eigenvalue weighted by atomic mass is 9.92. The molecule has 2 atom stereocenters. The molecule has 0 bridgehead atoms. The first-order valence-electron chi connectivity index (χ1n) is 9.94. The second kappa shape index (κ2) is 7.24. The molecule has 0 spiro atoms. The number of benzene rings is 2. The van der Waals surface area contributed by atoms with Crippen LogP contribution < -0.4 is 9.80 Å². The molecule has 0 saturated carbocycles. The van der Waals surface area contributed by atoms with Gasteiger partial charge in [-0.1, -0.05) is 50.2 Å². The van der Waals surface area contributed by atoms with Crippen LogP contribution in [-0.4, -0.2) is 25.5 Å². The Kier molecular flexibility index (Phi) is 4.82. The van der Waals surface area contributed by atoms with Crippen LogP contribution in [0.4, 0.5) is 11.4 Å². The van der Waals surface area contributed by atoms with Crippen molar-refractivity contribution < 1.29 is 9.69 Å². The fourth-order valence-electron chi connectivity index (χ4n) is 4.91. The zero-order chi connectivity index (χ0) is 18.1. The van der Waals surface area contributed by atoms with Crippen LogP contribution in [0.3, 0.4) is 0 Å². The van der Waals surface area contributed by atoms with E-state index < -0.39 is 0 Å². The Balaban J connectivity index is 1.67. The molecule has 2 aromatic carbocycles. The lowest BCUT2D eigenvalue weighted by Crippen LogP contribution is -3.15. The van der Waals surface area contributed by atoms with Crippen LogP contribution in [-0.2, 0) is 17.6 Å². The zero-order valence-corrected chi connectivity index (χ0v) is 15.9. The minimum absolute atomic E-state index is 0.225. The summed E-state index contributed by atoms with van der Waals surface area (Å²) in [4.78, 5) is 16.9. The number of likely N-dealkylation sites (tertiary alicyclic amines) is 1. The molecular weight excluding hydrogens is 320 g/mol. The monoisotopic (exact) mass is 349 g/mol. The van der Waals surface area contributed by atoms with Gasteiger partial charge in [-0.2, -0.15) is 0 Å². The highest BCUT2D eigenvalue weighted by atomic mass is 16.2. The van der Waals surface area contributed by atoms with Gasteiger partial charge in [0.25, 0.3) is 5.91 Å². The van der Waals surface area contributed by atoms with Crippen LogP contribution in [0, 0.1) is 11.8 Å². The van der Waals surface area contributed by atoms with E-state index >= 15 is 0 Å². The van der Waals surface area contributed by atoms with Crippen molar-refractivity contribution in [3.05, 3.63) is 59.7 Å². The number of anilines is 2. The molecule has 0 unspecified atom stereocenters. The Morgan fingerprint density at radius 1 is 0.923 bits per heavy atom. The summed E-state index contributed by atoms with van der Waals surface area (Å²) >= 11 is 0. The molecule has 1 amide bonds. The number of rotatable bonds is 2. The standard InChI is InChI=1S/C23H28N2O/c1-17-13-18(2)15-24(14-17)16-23(26)25-21-9-5-3-7-19(21)11-12-20-8-4-6-10-22(20)25/h3-10,17-18H,11-16H2,1-2H3/p+1/t17-,18-/m1/s1. The van der Waals surface area contributed by atoms with Gasteiger partial charge in [-0.3, -0.25) is 9.69 Å². The molecule has 2 aliphatic heterocycles. The summed E-state index contributed by atoms with van der Waals surface area (Å²) in [6.07, 6.45) is 3.26. The van der Waals surface area contributed by atoms with E-state index in [2.05, 4.69) is 50.2 Å². The highest BCUT2D eigenvalue weighted by Crippen LogP contribution is 2.35. The molecule has 3 nitrogen and oxygen atoms in total. The largest absolute Gasteiger partial charge is 0.327 e. The van der Waals surface area contributed by atoms with Gasteiger partial charge >= 0.3 is 0 Å². The third kappa shape index (κ3) is 3.41. The molecule has 4 rings (SSSR count). The molecule has 2 aliphatic rings. The molecule has 0 aliphatic carbocycles. The molecule has 2 aromatic rings. The number of hydrogen-bond acceptors (Lipinski definition) is 1. The molecule has 2 heterocycles. The second-order valence-corrected chi connectivity index (χ2v) is 8.27. The summed E-state index contributed by atoms with van der Waals surface area (Å²) in [6, 6.07) is 16.8. The summed E-state index contributed by atoms with van der Waals surface area (Å²) < 4.78 is 0. The van der Waals surface area contributed by atoms with Gasteiger partial charge in [0.05, 0.1) is 24.5 Å². The number of carbonyl (C=O) groups is 1. The van der Waals surface area contributed by atoms with Crippen LogP contribution in [0.5, 0.6) is 0 Å². The van der Waals surface area contributed by atoms with Crippen LogP contribution in [0.1, 0.15) is 31.4 Å². The lowest BCUT2D eigenvalue weighted by Gasteiger charge is -2.33. The number of carbonyl (C=O) groups excluding carboxylic acids is 1. The first kappa shape index (κ1) is 17.3. The van der Waals surface area contributed by atoms with Crippen molar-refractivity contribution in [2.24, 2.45) is 11.8 Å². The Hall–Kier alpha value is -2.13. The van der Waals surface area contributed by atoms with Gasteiger partial charge in [-0.25, -0.2) is 0 Å². The zero-order valence-electron chi connectivity index (χ0n) is 15.9. The van der Waals surface area contributed by atoms with Crippen molar-refractivity contribution in [3.8, 4) is 0 Å². The topological polar surface area (TPSA) is 24.8 Å². The summed E-state index contributed by atoms with van der Waals surface area (Å²) in [5.74, 6) is 1.62. The van der Waals surface area contributed by atoms with Crippen molar-refractivity contribution in [1.29, 1.82) is 0 Å². The number of fused-ring (bicyclic) bond motifs is 2. The summed E-state index contributed by atoms with van der Waals surface area (Å²) in [6.45, 7) is 7.42. The Bertz CT molecular complexity index is 743. The Labute approximate surface area is 156 Å². The van der Waals surface area contributed by atoms with Gasteiger partial charge < -0.3 is 4.90 Å². The fourth-order valence-corrected chi connectivity index (χ4v) is 4.91. The number of para-hydroxylation sites is 2. The van der Waals surface area contributed by atoms with Crippen LogP contribution in [0.15, 0.2) is 48.5 Å². The first-order valence-corrected chi connectivity index (χ1v) is 9.94. The predicted molar refractivity (Wildman–Crippen MR) is 106 cm³/mol. The van der Waals surface area contributed by atoms with E-state index in [0.717, 1.165) is 37.3 Å². The maximum atomic E-state index is 13.5. The highest BCUT2D eigenvalue weighted by Gasteiger charge is 2.31. The molecule has 0 aromatic heterocycles. The maximum Gasteiger partial charge on any atom is 0.286 e. The Morgan fingerprint density at radius 2 is 1.42 bits per heavy atom. The van der Waals surface area contributed by atoms with E-state index in [1.165, 1.54) is 22.4 Å². The molecule has 1 saturated heterocycles. The van der Waals surface area contributed by atoms with Gasteiger partial charge in [0.1, 0.15) is 0 Å². The van der Waals surface area contributed by atoms with Crippen LogP contribution in [0.2, 0.25) is 0 Å². The highest BCUT2D eigenvalue weighted by molar-refractivity contribution is 6.02. The maximum absolute atomic E-state index is 13.5. The third-order valence-corrected chi connectivity index (χ3v) is 5.86. The second-order valence-electron chi connectivity index (χ2n) is 8.27. The van der Waals surface area contributed by atoms with Crippen molar-refractivity contribution in [2.75, 3.05) is 24.5 Å². The third-order valence-electron chi connectivity index (χ3n) is 5.86. The van der Waals surface area contributed by atoms with Gasteiger partial charge in [0.15, 0.2) is 6.54 Å². The van der Waals surface area contributed by atoms with Gasteiger partial charge in [0, 0.05) is 11.8 Å². The quantitative estimate of drug-likeness (QED) is 0.886. The minimum Gasteiger partial charge on any atom is -0.327 e. The molecule has 1 fully saturated rings. The van der Waals surface area contributed by atoms with E-state index in [1.54, 1.807) is 0 Å². The molecule has 26 heavy (non-hydrogen) atoms. The fraction of sp³-hybridized carbons (Fsp3) is 0.435. The normalized spacial score (nSPS) is 25.2. The van der Waals surface area contributed by atoms with Gasteiger partial charge in [-0.15, -0.1) is 0 Å². The first-order chi connectivity index (χ1) is 12.6. The summed E-state index contributed by atoms with van der Waals surface area (Å²) in [7, 11) is 0. The molecule has 136 valence electrons. The number of quaternary nitrogens is 1. The number of nitrogens with one attached hydrogen (secondary N) is 1. The van der Waals surface area contributed by atoms with Crippen LogP contribution in [0.25, 0.3) is 0 Å². The predicted octanol–water partition coefficient (Wildman–Crippen LogP) is 3.01. The van der Waals surface area contributed by atoms with Gasteiger partial charge in [0.2, 0.25) is 0 Å². The van der Waals surface area contributed by atoms with Crippen molar-refractivity contribution >= 4 is 17.3 Å². The van der Waals surface area contributed by atoms with E-state index in [4.69, 9.17) is 0 Å². The van der Waals surface area contributed by atoms with Crippen molar-refractivity contribution in [2.45, 2.75) is 33.1 Å². The number of nitrogens with zero attached hydrogens (tertiary/aromatic N) is 1. The van der Waals surface area contributed by atoms with Crippen molar-refractivity contribution in [1.82, 2.24) is 0 Å². The molecule has 0 radical (unpaired) electrons. The van der Waals surface area contributed by atoms with E-state index in [-0.39, 0.29) is 5.91 Å². The van der Waals surface area contributed by atoms with Gasteiger partial charge in [-0.05, 0) is 42.5 Å². The van der Waals surface area contributed by atoms with E-state index in [1.807, 2.05) is 17.0 Å². The molecular formula is C23H29N2O+. The smallest absolute Gasteiger partial charge is 0.286 e. The number of hydrogen-bond donors (Lipinski definition) is 1. The van der Waals surface area contributed by atoms with E-state index in [0.29, 0.717) is 18.4 Å². The lowest BCUT2D eigenvalue weighted by molar-refractivity contribution is -0.904. The number of amides is 1. The van der Waals surface area contributed by atoms with Crippen LogP contribution >= 0.6 is 0 Å².